The maximum Gasteiger partial charge on any atom is 0.254 e. The molecule has 0 saturated heterocycles. The number of aromatic nitrogens is 2. The van der Waals surface area contributed by atoms with E-state index in [1.165, 1.54) is 121 Å². The molecule has 1 aromatic heterocycles. The van der Waals surface area contributed by atoms with E-state index in [-0.39, 0.29) is 0 Å². The second kappa shape index (κ2) is 18.0. The van der Waals surface area contributed by atoms with Crippen LogP contribution in [0.4, 0.5) is 0 Å². The Hall–Kier alpha value is -0.790. The molecule has 0 amide bonds. The van der Waals surface area contributed by atoms with Crippen LogP contribution in [0.5, 0.6) is 0 Å². The summed E-state index contributed by atoms with van der Waals surface area (Å²) in [5.41, 5.74) is 0. The highest BCUT2D eigenvalue weighted by Gasteiger charge is 2.16. The maximum atomic E-state index is 3.51. The van der Waals surface area contributed by atoms with E-state index in [9.17, 15) is 0 Å². The SMILES string of the molecule is CCCCCCCCCCCC(C)[n+]1cc[nH]c1CCCCCCCCC(C)C. The fourth-order valence-electron chi connectivity index (χ4n) is 4.43. The molecule has 2 heteroatoms. The molecule has 0 aromatic carbocycles. The summed E-state index contributed by atoms with van der Waals surface area (Å²) in [4.78, 5) is 3.51. The first-order chi connectivity index (χ1) is 14.1. The molecule has 0 spiro atoms. The zero-order chi connectivity index (χ0) is 21.2. The average molecular weight is 406 g/mol. The molecule has 0 fully saturated rings. The monoisotopic (exact) mass is 405 g/mol. The number of hydrogen-bond donors (Lipinski definition) is 1. The van der Waals surface area contributed by atoms with Gasteiger partial charge in [0.05, 0.1) is 6.04 Å². The number of rotatable bonds is 20. The van der Waals surface area contributed by atoms with Crippen LogP contribution in [0, 0.1) is 5.92 Å². The van der Waals surface area contributed by atoms with Crippen molar-refractivity contribution >= 4 is 0 Å². The minimum atomic E-state index is 0.636. The molecule has 0 saturated carbocycles. The summed E-state index contributed by atoms with van der Waals surface area (Å²) in [6.45, 7) is 9.37. The van der Waals surface area contributed by atoms with Crippen molar-refractivity contribution in [1.82, 2.24) is 4.98 Å². The second-order valence-electron chi connectivity index (χ2n) is 9.83. The number of imidazole rings is 1. The highest BCUT2D eigenvalue weighted by Crippen LogP contribution is 2.15. The zero-order valence-corrected chi connectivity index (χ0v) is 20.5. The number of H-pyrrole nitrogens is 1. The van der Waals surface area contributed by atoms with Gasteiger partial charge in [0, 0.05) is 6.42 Å². The normalized spacial score (nSPS) is 12.7. The van der Waals surface area contributed by atoms with Gasteiger partial charge in [0.15, 0.2) is 0 Å². The molecule has 1 N–H and O–H groups in total. The summed E-state index contributed by atoms with van der Waals surface area (Å²) < 4.78 is 2.51. The lowest BCUT2D eigenvalue weighted by Crippen LogP contribution is -2.39. The smallest absolute Gasteiger partial charge is 0.248 e. The molecule has 0 radical (unpaired) electrons. The van der Waals surface area contributed by atoms with E-state index in [4.69, 9.17) is 0 Å². The van der Waals surface area contributed by atoms with Crippen LogP contribution in [-0.4, -0.2) is 4.98 Å². The summed E-state index contributed by atoms with van der Waals surface area (Å²) in [5.74, 6) is 2.31. The molecule has 1 heterocycles. The van der Waals surface area contributed by atoms with Gasteiger partial charge in [-0.1, -0.05) is 111 Å². The van der Waals surface area contributed by atoms with Crippen molar-refractivity contribution < 1.29 is 4.57 Å². The molecule has 1 aromatic rings. The van der Waals surface area contributed by atoms with Gasteiger partial charge in [0.2, 0.25) is 0 Å². The molecule has 170 valence electrons. The van der Waals surface area contributed by atoms with Crippen LogP contribution >= 0.6 is 0 Å². The fraction of sp³-hybridized carbons (Fsp3) is 0.889. The quantitative estimate of drug-likeness (QED) is 0.165. The molecule has 2 nitrogen and oxygen atoms in total. The largest absolute Gasteiger partial charge is 0.254 e. The van der Waals surface area contributed by atoms with E-state index in [1.54, 1.807) is 0 Å². The lowest BCUT2D eigenvalue weighted by atomic mass is 10.0. The number of hydrogen-bond acceptors (Lipinski definition) is 0. The molecule has 1 atom stereocenters. The van der Waals surface area contributed by atoms with Gasteiger partial charge in [-0.25, -0.2) is 9.55 Å². The minimum Gasteiger partial charge on any atom is -0.248 e. The summed E-state index contributed by atoms with van der Waals surface area (Å²) in [6.07, 6.45) is 29.5. The van der Waals surface area contributed by atoms with Crippen LogP contribution in [0.15, 0.2) is 12.4 Å². The molecular formula is C27H53N2+. The van der Waals surface area contributed by atoms with E-state index in [1.807, 2.05) is 0 Å². The Bertz CT molecular complexity index is 463. The van der Waals surface area contributed by atoms with Crippen LogP contribution in [-0.2, 0) is 6.42 Å². The molecule has 0 aliphatic rings. The van der Waals surface area contributed by atoms with E-state index >= 15 is 0 Å². The Morgan fingerprint density at radius 1 is 0.690 bits per heavy atom. The topological polar surface area (TPSA) is 19.7 Å². The molecule has 0 bridgehead atoms. The van der Waals surface area contributed by atoms with Gasteiger partial charge in [-0.05, 0) is 32.1 Å². The van der Waals surface area contributed by atoms with Crippen molar-refractivity contribution in [1.29, 1.82) is 0 Å². The second-order valence-corrected chi connectivity index (χ2v) is 9.83. The van der Waals surface area contributed by atoms with Gasteiger partial charge >= 0.3 is 0 Å². The highest BCUT2D eigenvalue weighted by molar-refractivity contribution is 4.78. The van der Waals surface area contributed by atoms with Gasteiger partial charge in [-0.3, -0.25) is 0 Å². The van der Waals surface area contributed by atoms with Gasteiger partial charge in [-0.15, -0.1) is 0 Å². The third-order valence-electron chi connectivity index (χ3n) is 6.44. The minimum absolute atomic E-state index is 0.636. The van der Waals surface area contributed by atoms with Crippen LogP contribution in [0.3, 0.4) is 0 Å². The first-order valence-electron chi connectivity index (χ1n) is 13.2. The Morgan fingerprint density at radius 3 is 1.79 bits per heavy atom. The van der Waals surface area contributed by atoms with Crippen molar-refractivity contribution in [3.8, 4) is 0 Å². The van der Waals surface area contributed by atoms with Gasteiger partial charge in [0.1, 0.15) is 12.4 Å². The lowest BCUT2D eigenvalue weighted by Gasteiger charge is -2.10. The first-order valence-corrected chi connectivity index (χ1v) is 13.2. The lowest BCUT2D eigenvalue weighted by molar-refractivity contribution is -0.726. The predicted molar refractivity (Wildman–Crippen MR) is 128 cm³/mol. The predicted octanol–water partition coefficient (Wildman–Crippen LogP) is 8.71. The van der Waals surface area contributed by atoms with Crippen molar-refractivity contribution in [3.05, 3.63) is 18.2 Å². The fourth-order valence-corrected chi connectivity index (χ4v) is 4.43. The van der Waals surface area contributed by atoms with E-state index in [0.717, 1.165) is 5.92 Å². The number of unbranched alkanes of at least 4 members (excludes halogenated alkanes) is 13. The van der Waals surface area contributed by atoms with Crippen LogP contribution in [0.2, 0.25) is 0 Å². The number of aryl methyl sites for hydroxylation is 1. The molecule has 0 aliphatic carbocycles. The molecular weight excluding hydrogens is 352 g/mol. The Balaban J connectivity index is 2.06. The average Bonchev–Trinajstić information content (AvgIpc) is 3.17. The Labute approximate surface area is 183 Å². The van der Waals surface area contributed by atoms with Crippen LogP contribution in [0.1, 0.15) is 149 Å². The third kappa shape index (κ3) is 13.9. The van der Waals surface area contributed by atoms with Gasteiger partial charge in [-0.2, -0.15) is 0 Å². The zero-order valence-electron chi connectivity index (χ0n) is 20.5. The standard InChI is InChI=1S/C27H52N2/c1-5-6-7-8-9-10-11-15-18-21-26(4)29-24-23-28-27(29)22-19-16-13-12-14-17-20-25(2)3/h23-26H,5-22H2,1-4H3/p+1. The van der Waals surface area contributed by atoms with Gasteiger partial charge in [0.25, 0.3) is 5.82 Å². The molecule has 1 unspecified atom stereocenters. The number of nitrogens with zero attached hydrogens (tertiary/aromatic N) is 1. The van der Waals surface area contributed by atoms with Crippen LogP contribution < -0.4 is 4.57 Å². The summed E-state index contributed by atoms with van der Waals surface area (Å²) in [7, 11) is 0. The molecule has 1 rings (SSSR count). The van der Waals surface area contributed by atoms with E-state index < -0.39 is 0 Å². The first kappa shape index (κ1) is 26.2. The van der Waals surface area contributed by atoms with Gasteiger partial charge < -0.3 is 0 Å². The summed E-state index contributed by atoms with van der Waals surface area (Å²) in [5, 5.41) is 0. The van der Waals surface area contributed by atoms with Crippen molar-refractivity contribution in [3.63, 3.8) is 0 Å². The molecule has 29 heavy (non-hydrogen) atoms. The van der Waals surface area contributed by atoms with E-state index in [2.05, 4.69) is 49.6 Å². The Morgan fingerprint density at radius 2 is 1.21 bits per heavy atom. The third-order valence-corrected chi connectivity index (χ3v) is 6.44. The highest BCUT2D eigenvalue weighted by atomic mass is 15.1. The summed E-state index contributed by atoms with van der Waals surface area (Å²) >= 11 is 0. The maximum absolute atomic E-state index is 3.51. The van der Waals surface area contributed by atoms with E-state index in [0.29, 0.717) is 6.04 Å². The Kier molecular flexibility index (Phi) is 16.3. The van der Waals surface area contributed by atoms with Crippen LogP contribution in [0.25, 0.3) is 0 Å². The summed E-state index contributed by atoms with van der Waals surface area (Å²) in [6, 6.07) is 0.636. The van der Waals surface area contributed by atoms with Crippen molar-refractivity contribution in [2.75, 3.05) is 0 Å². The molecule has 0 aliphatic heterocycles. The number of aromatic amines is 1. The van der Waals surface area contributed by atoms with Crippen molar-refractivity contribution in [2.24, 2.45) is 5.92 Å². The number of nitrogens with one attached hydrogen (secondary N) is 1. The van der Waals surface area contributed by atoms with Crippen molar-refractivity contribution in [2.45, 2.75) is 149 Å².